The number of esters is 3. The van der Waals surface area contributed by atoms with Crippen molar-refractivity contribution < 1.29 is 28.6 Å². The minimum absolute atomic E-state index is 0.105. The summed E-state index contributed by atoms with van der Waals surface area (Å²) in [6.45, 7) is 6.46. The van der Waals surface area contributed by atoms with Crippen LogP contribution in [0, 0.1) is 0 Å². The summed E-state index contributed by atoms with van der Waals surface area (Å²) >= 11 is 0. The molecule has 0 aromatic heterocycles. The normalized spacial score (nSPS) is 13.0. The lowest BCUT2D eigenvalue weighted by atomic mass is 10.1. The lowest BCUT2D eigenvalue weighted by molar-refractivity contribution is -0.167. The molecular formula is C77H126O6. The first kappa shape index (κ1) is 78.3. The zero-order chi connectivity index (χ0) is 59.9. The zero-order valence-electron chi connectivity index (χ0n) is 53.9. The van der Waals surface area contributed by atoms with E-state index in [4.69, 9.17) is 14.2 Å². The van der Waals surface area contributed by atoms with E-state index >= 15 is 0 Å². The molecule has 1 unspecified atom stereocenters. The van der Waals surface area contributed by atoms with Gasteiger partial charge in [0.25, 0.3) is 0 Å². The van der Waals surface area contributed by atoms with Gasteiger partial charge in [-0.1, -0.05) is 289 Å². The van der Waals surface area contributed by atoms with Crippen molar-refractivity contribution in [2.24, 2.45) is 0 Å². The average molecular weight is 1150 g/mol. The maximum absolute atomic E-state index is 12.9. The van der Waals surface area contributed by atoms with Gasteiger partial charge in [0.15, 0.2) is 6.10 Å². The average Bonchev–Trinajstić information content (AvgIpc) is 3.49. The Labute approximate surface area is 512 Å². The maximum atomic E-state index is 12.9. The first-order valence-electron chi connectivity index (χ1n) is 34.3. The van der Waals surface area contributed by atoms with Gasteiger partial charge in [-0.25, -0.2) is 0 Å². The highest BCUT2D eigenvalue weighted by Gasteiger charge is 2.19. The first-order chi connectivity index (χ1) is 41.0. The van der Waals surface area contributed by atoms with Crippen LogP contribution in [0.4, 0.5) is 0 Å². The van der Waals surface area contributed by atoms with Gasteiger partial charge in [-0.15, -0.1) is 0 Å². The van der Waals surface area contributed by atoms with E-state index in [1.54, 1.807) is 0 Å². The van der Waals surface area contributed by atoms with E-state index in [0.717, 1.165) is 116 Å². The monoisotopic (exact) mass is 1150 g/mol. The third-order valence-electron chi connectivity index (χ3n) is 14.3. The Balaban J connectivity index is 4.49. The van der Waals surface area contributed by atoms with Crippen LogP contribution >= 0.6 is 0 Å². The Kier molecular flexibility index (Phi) is 65.8. The quantitative estimate of drug-likeness (QED) is 0.0261. The highest BCUT2D eigenvalue weighted by atomic mass is 16.6. The van der Waals surface area contributed by atoms with E-state index in [1.807, 2.05) is 0 Å². The fourth-order valence-electron chi connectivity index (χ4n) is 9.18. The van der Waals surface area contributed by atoms with Crippen molar-refractivity contribution in [2.45, 2.75) is 309 Å². The lowest BCUT2D eigenvalue weighted by Crippen LogP contribution is -2.30. The Morgan fingerprint density at radius 3 is 0.819 bits per heavy atom. The highest BCUT2D eigenvalue weighted by molar-refractivity contribution is 5.71. The summed E-state index contributed by atoms with van der Waals surface area (Å²) in [5.41, 5.74) is 0. The molecule has 0 saturated carbocycles. The highest BCUT2D eigenvalue weighted by Crippen LogP contribution is 2.15. The van der Waals surface area contributed by atoms with E-state index in [-0.39, 0.29) is 37.5 Å². The molecule has 0 saturated heterocycles. The topological polar surface area (TPSA) is 78.9 Å². The molecule has 0 rings (SSSR count). The van der Waals surface area contributed by atoms with Gasteiger partial charge in [-0.3, -0.25) is 14.4 Å². The summed E-state index contributed by atoms with van der Waals surface area (Å²) in [4.78, 5) is 38.4. The Morgan fingerprint density at radius 2 is 0.482 bits per heavy atom. The molecule has 0 fully saturated rings. The number of unbranched alkanes of at least 4 members (excludes halogenated alkanes) is 26. The summed E-state index contributed by atoms with van der Waals surface area (Å²) in [6, 6.07) is 0. The van der Waals surface area contributed by atoms with Crippen molar-refractivity contribution in [3.8, 4) is 0 Å². The number of rotatable bonds is 61. The number of ether oxygens (including phenoxy) is 3. The molecule has 0 aromatic rings. The largest absolute Gasteiger partial charge is 0.462 e. The summed E-state index contributed by atoms with van der Waals surface area (Å²) in [6.07, 6.45) is 100. The molecule has 0 aliphatic heterocycles. The second kappa shape index (κ2) is 69.8. The SMILES string of the molecule is CC/C=C\C/C=C\C/C=C\C/C=C\C/C=C\C/C=C\C/C=C\C/C=C\C/C=C\CCCC(=O)OCC(COC(=O)CCCCCCCCC/C=C\C/C=C\CCCCC)OC(=O)CCCCCCCCCCC/C=C\CCCCCCCC. The molecule has 0 N–H and O–H groups in total. The summed E-state index contributed by atoms with van der Waals surface area (Å²) in [5.74, 6) is -0.972. The van der Waals surface area contributed by atoms with E-state index in [2.05, 4.69) is 167 Å². The van der Waals surface area contributed by atoms with E-state index in [9.17, 15) is 14.4 Å². The molecule has 83 heavy (non-hydrogen) atoms. The van der Waals surface area contributed by atoms with Gasteiger partial charge in [-0.05, 0) is 141 Å². The number of carbonyl (C=O) groups excluding carboxylic acids is 3. The van der Waals surface area contributed by atoms with Crippen molar-refractivity contribution in [3.63, 3.8) is 0 Å². The van der Waals surface area contributed by atoms with Gasteiger partial charge >= 0.3 is 17.9 Å². The Bertz CT molecular complexity index is 1800. The van der Waals surface area contributed by atoms with Crippen LogP contribution in [0.5, 0.6) is 0 Å². The van der Waals surface area contributed by atoms with Crippen molar-refractivity contribution in [3.05, 3.63) is 146 Å². The Hall–Kier alpha value is -4.71. The molecule has 470 valence electrons. The van der Waals surface area contributed by atoms with Crippen molar-refractivity contribution >= 4 is 17.9 Å². The molecule has 0 spiro atoms. The molecule has 0 aromatic carbocycles. The van der Waals surface area contributed by atoms with Crippen LogP contribution in [0.2, 0.25) is 0 Å². The third kappa shape index (κ3) is 68.0. The number of hydrogen-bond acceptors (Lipinski definition) is 6. The van der Waals surface area contributed by atoms with Gasteiger partial charge in [0.05, 0.1) is 0 Å². The van der Waals surface area contributed by atoms with Crippen LogP contribution in [-0.2, 0) is 28.6 Å². The first-order valence-corrected chi connectivity index (χ1v) is 34.3. The molecule has 0 heterocycles. The standard InChI is InChI=1S/C77H126O6/c1-4-7-10-13-16-19-22-25-28-31-33-34-35-36-37-38-39-40-41-42-44-46-49-52-55-58-61-64-67-70-76(79)82-73-74(72-81-75(78)69-66-63-60-57-54-51-48-45-30-27-24-21-18-15-12-9-6-3)83-77(80)71-68-65-62-59-56-53-50-47-43-32-29-26-23-20-17-14-11-8-5-2/h7,10,16,18-19,21,25-30,33-34,36-37,39-40,42,44,49,52,58,61,74H,4-6,8-9,11-15,17,20,22-24,31-32,35,38,41,43,45-48,50-51,53-57,59-60,62-73H2,1-3H3/b10-7-,19-16-,21-18-,28-25-,29-26-,30-27-,34-33-,37-36-,40-39-,44-42-,52-49-,61-58-. The molecule has 0 bridgehead atoms. The number of hydrogen-bond donors (Lipinski definition) is 0. The molecule has 1 atom stereocenters. The zero-order valence-corrected chi connectivity index (χ0v) is 53.9. The number of allylic oxidation sites excluding steroid dienone is 24. The van der Waals surface area contributed by atoms with Gasteiger partial charge < -0.3 is 14.2 Å². The minimum Gasteiger partial charge on any atom is -0.462 e. The molecule has 0 radical (unpaired) electrons. The second-order valence-electron chi connectivity index (χ2n) is 22.3. The smallest absolute Gasteiger partial charge is 0.306 e. The van der Waals surface area contributed by atoms with Crippen LogP contribution in [0.25, 0.3) is 0 Å². The van der Waals surface area contributed by atoms with Gasteiger partial charge in [0.2, 0.25) is 0 Å². The van der Waals surface area contributed by atoms with Crippen LogP contribution in [0.1, 0.15) is 303 Å². The van der Waals surface area contributed by atoms with Crippen molar-refractivity contribution in [1.82, 2.24) is 0 Å². The molecule has 6 nitrogen and oxygen atoms in total. The summed E-state index contributed by atoms with van der Waals surface area (Å²) < 4.78 is 16.9. The Morgan fingerprint density at radius 1 is 0.253 bits per heavy atom. The third-order valence-corrected chi connectivity index (χ3v) is 14.3. The molecule has 0 amide bonds. The van der Waals surface area contributed by atoms with Gasteiger partial charge in [-0.2, -0.15) is 0 Å². The van der Waals surface area contributed by atoms with Crippen LogP contribution in [-0.4, -0.2) is 37.2 Å². The summed E-state index contributed by atoms with van der Waals surface area (Å²) in [5, 5.41) is 0. The lowest BCUT2D eigenvalue weighted by Gasteiger charge is -2.18. The fourth-order valence-corrected chi connectivity index (χ4v) is 9.18. The van der Waals surface area contributed by atoms with Crippen molar-refractivity contribution in [1.29, 1.82) is 0 Å². The molecule has 0 aliphatic rings. The van der Waals surface area contributed by atoms with Crippen LogP contribution in [0.15, 0.2) is 146 Å². The van der Waals surface area contributed by atoms with Crippen LogP contribution < -0.4 is 0 Å². The van der Waals surface area contributed by atoms with E-state index < -0.39 is 6.10 Å². The number of carbonyl (C=O) groups is 3. The van der Waals surface area contributed by atoms with Crippen LogP contribution in [0.3, 0.4) is 0 Å². The van der Waals surface area contributed by atoms with Gasteiger partial charge in [0, 0.05) is 19.3 Å². The molecule has 6 heteroatoms. The fraction of sp³-hybridized carbons (Fsp3) is 0.649. The maximum Gasteiger partial charge on any atom is 0.306 e. The molecular weight excluding hydrogens is 1020 g/mol. The van der Waals surface area contributed by atoms with E-state index in [0.29, 0.717) is 19.3 Å². The summed E-state index contributed by atoms with van der Waals surface area (Å²) in [7, 11) is 0. The second-order valence-corrected chi connectivity index (χ2v) is 22.3. The van der Waals surface area contributed by atoms with Crippen molar-refractivity contribution in [2.75, 3.05) is 13.2 Å². The minimum atomic E-state index is -0.814. The van der Waals surface area contributed by atoms with E-state index in [1.165, 1.54) is 141 Å². The molecule has 0 aliphatic carbocycles. The predicted octanol–water partition coefficient (Wildman–Crippen LogP) is 23.9. The van der Waals surface area contributed by atoms with Gasteiger partial charge in [0.1, 0.15) is 13.2 Å². The predicted molar refractivity (Wildman–Crippen MR) is 362 cm³/mol.